The van der Waals surface area contributed by atoms with Gasteiger partial charge in [-0.1, -0.05) is 0 Å². The van der Waals surface area contributed by atoms with E-state index >= 15 is 0 Å². The topological polar surface area (TPSA) is 62.2 Å². The molecule has 120 valence electrons. The molecule has 0 bridgehead atoms. The SMILES string of the molecule is Cc1nccc(N2CCN(C(=O)C(C)c3ccncc3)CC2)n1. The second-order valence-electron chi connectivity index (χ2n) is 5.78. The molecular formula is C17H21N5O. The van der Waals surface area contributed by atoms with Crippen molar-refractivity contribution in [3.05, 3.63) is 48.2 Å². The van der Waals surface area contributed by atoms with Gasteiger partial charge in [0, 0.05) is 44.8 Å². The predicted octanol–water partition coefficient (Wildman–Crippen LogP) is 1.63. The zero-order valence-electron chi connectivity index (χ0n) is 13.5. The molecule has 1 amide bonds. The van der Waals surface area contributed by atoms with E-state index in [0.717, 1.165) is 43.4 Å². The van der Waals surface area contributed by atoms with E-state index in [1.54, 1.807) is 18.6 Å². The lowest BCUT2D eigenvalue weighted by molar-refractivity contribution is -0.132. The number of hydrogen-bond acceptors (Lipinski definition) is 5. The molecule has 1 atom stereocenters. The fraction of sp³-hybridized carbons (Fsp3) is 0.412. The van der Waals surface area contributed by atoms with E-state index in [-0.39, 0.29) is 11.8 Å². The van der Waals surface area contributed by atoms with E-state index < -0.39 is 0 Å². The lowest BCUT2D eigenvalue weighted by Gasteiger charge is -2.36. The van der Waals surface area contributed by atoms with Crippen molar-refractivity contribution in [2.75, 3.05) is 31.1 Å². The number of aryl methyl sites for hydroxylation is 1. The van der Waals surface area contributed by atoms with Crippen LogP contribution < -0.4 is 4.90 Å². The van der Waals surface area contributed by atoms with Crippen LogP contribution in [-0.4, -0.2) is 51.9 Å². The van der Waals surface area contributed by atoms with Gasteiger partial charge in [-0.2, -0.15) is 0 Å². The smallest absolute Gasteiger partial charge is 0.229 e. The second kappa shape index (κ2) is 6.73. The number of rotatable bonds is 3. The molecule has 6 heteroatoms. The summed E-state index contributed by atoms with van der Waals surface area (Å²) in [5, 5.41) is 0. The zero-order valence-corrected chi connectivity index (χ0v) is 13.5. The zero-order chi connectivity index (χ0) is 16.2. The molecule has 0 radical (unpaired) electrons. The van der Waals surface area contributed by atoms with Crippen LogP contribution in [0.2, 0.25) is 0 Å². The Morgan fingerprint density at radius 3 is 2.43 bits per heavy atom. The molecule has 1 aliphatic heterocycles. The minimum atomic E-state index is -0.133. The molecule has 6 nitrogen and oxygen atoms in total. The standard InChI is InChI=1S/C17H21N5O/c1-13(15-3-6-18-7-4-15)17(23)22-11-9-21(10-12-22)16-5-8-19-14(2)20-16/h3-8,13H,9-12H2,1-2H3. The molecule has 2 aromatic heterocycles. The van der Waals surface area contributed by atoms with Gasteiger partial charge in [-0.05, 0) is 37.6 Å². The molecule has 0 aliphatic carbocycles. The summed E-state index contributed by atoms with van der Waals surface area (Å²) in [4.78, 5) is 29.4. The van der Waals surface area contributed by atoms with Gasteiger partial charge >= 0.3 is 0 Å². The Bertz CT molecular complexity index is 668. The number of amides is 1. The molecule has 1 fully saturated rings. The van der Waals surface area contributed by atoms with Crippen LogP contribution in [-0.2, 0) is 4.79 Å². The highest BCUT2D eigenvalue weighted by Crippen LogP contribution is 2.19. The van der Waals surface area contributed by atoms with Crippen molar-refractivity contribution in [1.29, 1.82) is 0 Å². The molecule has 1 saturated heterocycles. The maximum Gasteiger partial charge on any atom is 0.229 e. The van der Waals surface area contributed by atoms with E-state index in [9.17, 15) is 4.79 Å². The van der Waals surface area contributed by atoms with Crippen LogP contribution in [0.25, 0.3) is 0 Å². The van der Waals surface area contributed by atoms with Crippen LogP contribution in [0.15, 0.2) is 36.8 Å². The lowest BCUT2D eigenvalue weighted by atomic mass is 10.0. The highest BCUT2D eigenvalue weighted by atomic mass is 16.2. The third-order valence-electron chi connectivity index (χ3n) is 4.25. The summed E-state index contributed by atoms with van der Waals surface area (Å²) < 4.78 is 0. The van der Waals surface area contributed by atoms with E-state index in [2.05, 4.69) is 19.9 Å². The summed E-state index contributed by atoms with van der Waals surface area (Å²) in [5.41, 5.74) is 1.01. The number of pyridine rings is 1. The third-order valence-corrected chi connectivity index (χ3v) is 4.25. The first kappa shape index (κ1) is 15.4. The number of piperazine rings is 1. The van der Waals surface area contributed by atoms with Gasteiger partial charge in [0.15, 0.2) is 0 Å². The van der Waals surface area contributed by atoms with Crippen molar-refractivity contribution in [2.45, 2.75) is 19.8 Å². The molecule has 1 unspecified atom stereocenters. The Balaban J connectivity index is 1.61. The van der Waals surface area contributed by atoms with Gasteiger partial charge in [0.1, 0.15) is 11.6 Å². The fourth-order valence-corrected chi connectivity index (χ4v) is 2.84. The first-order valence-corrected chi connectivity index (χ1v) is 7.88. The molecular weight excluding hydrogens is 290 g/mol. The van der Waals surface area contributed by atoms with Crippen LogP contribution in [0.5, 0.6) is 0 Å². The minimum absolute atomic E-state index is 0.133. The van der Waals surface area contributed by atoms with Gasteiger partial charge in [0.25, 0.3) is 0 Å². The highest BCUT2D eigenvalue weighted by molar-refractivity contribution is 5.83. The molecule has 3 rings (SSSR count). The van der Waals surface area contributed by atoms with E-state index in [4.69, 9.17) is 0 Å². The van der Waals surface area contributed by atoms with Crippen molar-refractivity contribution in [3.63, 3.8) is 0 Å². The number of hydrogen-bond donors (Lipinski definition) is 0. The molecule has 3 heterocycles. The first-order valence-electron chi connectivity index (χ1n) is 7.88. The summed E-state index contributed by atoms with van der Waals surface area (Å²) in [6.07, 6.45) is 5.24. The maximum atomic E-state index is 12.7. The van der Waals surface area contributed by atoms with E-state index in [1.807, 2.05) is 36.9 Å². The summed E-state index contributed by atoms with van der Waals surface area (Å²) in [7, 11) is 0. The van der Waals surface area contributed by atoms with Gasteiger partial charge in [-0.15, -0.1) is 0 Å². The fourth-order valence-electron chi connectivity index (χ4n) is 2.84. The van der Waals surface area contributed by atoms with Crippen molar-refractivity contribution < 1.29 is 4.79 Å². The highest BCUT2D eigenvalue weighted by Gasteiger charge is 2.26. The summed E-state index contributed by atoms with van der Waals surface area (Å²) in [6, 6.07) is 5.73. The largest absolute Gasteiger partial charge is 0.353 e. The van der Waals surface area contributed by atoms with Crippen LogP contribution in [0.4, 0.5) is 5.82 Å². The van der Waals surface area contributed by atoms with Crippen LogP contribution in [0, 0.1) is 6.92 Å². The van der Waals surface area contributed by atoms with Gasteiger partial charge in [-0.3, -0.25) is 9.78 Å². The van der Waals surface area contributed by atoms with E-state index in [1.165, 1.54) is 0 Å². The summed E-state index contributed by atoms with van der Waals surface area (Å²) in [5.74, 6) is 1.75. The Morgan fingerprint density at radius 2 is 1.78 bits per heavy atom. The Morgan fingerprint density at radius 1 is 1.09 bits per heavy atom. The van der Waals surface area contributed by atoms with Crippen molar-refractivity contribution >= 4 is 11.7 Å². The Hall–Kier alpha value is -2.50. The van der Waals surface area contributed by atoms with Gasteiger partial charge in [-0.25, -0.2) is 9.97 Å². The summed E-state index contributed by atoms with van der Waals surface area (Å²) in [6.45, 7) is 6.88. The first-order chi connectivity index (χ1) is 11.1. The number of nitrogens with zero attached hydrogens (tertiary/aromatic N) is 5. The monoisotopic (exact) mass is 311 g/mol. The molecule has 2 aromatic rings. The number of carbonyl (C=O) groups is 1. The third kappa shape index (κ3) is 3.47. The average Bonchev–Trinajstić information content (AvgIpc) is 2.61. The lowest BCUT2D eigenvalue weighted by Crippen LogP contribution is -2.50. The Labute approximate surface area is 136 Å². The predicted molar refractivity (Wildman–Crippen MR) is 88.2 cm³/mol. The second-order valence-corrected chi connectivity index (χ2v) is 5.78. The molecule has 1 aliphatic rings. The molecule has 0 N–H and O–H groups in total. The molecule has 0 saturated carbocycles. The summed E-state index contributed by atoms with van der Waals surface area (Å²) >= 11 is 0. The number of anilines is 1. The quantitative estimate of drug-likeness (QED) is 0.862. The maximum absolute atomic E-state index is 12.7. The normalized spacial score (nSPS) is 16.3. The van der Waals surface area contributed by atoms with Crippen LogP contribution in [0.3, 0.4) is 0 Å². The molecule has 0 aromatic carbocycles. The number of carbonyl (C=O) groups excluding carboxylic acids is 1. The molecule has 0 spiro atoms. The van der Waals surface area contributed by atoms with Gasteiger partial charge in [0.2, 0.25) is 5.91 Å². The van der Waals surface area contributed by atoms with Crippen molar-refractivity contribution in [3.8, 4) is 0 Å². The molecule has 23 heavy (non-hydrogen) atoms. The van der Waals surface area contributed by atoms with Crippen LogP contribution >= 0.6 is 0 Å². The average molecular weight is 311 g/mol. The Kier molecular flexibility index (Phi) is 4.50. The van der Waals surface area contributed by atoms with Crippen LogP contribution in [0.1, 0.15) is 24.2 Å². The number of aromatic nitrogens is 3. The van der Waals surface area contributed by atoms with Crippen molar-refractivity contribution in [1.82, 2.24) is 19.9 Å². The minimum Gasteiger partial charge on any atom is -0.353 e. The van der Waals surface area contributed by atoms with E-state index in [0.29, 0.717) is 0 Å². The van der Waals surface area contributed by atoms with Crippen molar-refractivity contribution in [2.24, 2.45) is 0 Å². The van der Waals surface area contributed by atoms with Gasteiger partial charge < -0.3 is 9.80 Å². The van der Waals surface area contributed by atoms with Gasteiger partial charge in [0.05, 0.1) is 5.92 Å².